The molecule has 0 saturated heterocycles. The van der Waals surface area contributed by atoms with Crippen molar-refractivity contribution in [1.82, 2.24) is 20.3 Å². The number of aromatic nitrogens is 3. The van der Waals surface area contributed by atoms with Crippen LogP contribution in [0.3, 0.4) is 0 Å². The summed E-state index contributed by atoms with van der Waals surface area (Å²) in [7, 11) is 0. The molecule has 0 fully saturated rings. The Kier molecular flexibility index (Phi) is 4.34. The average molecular weight is 342 g/mol. The fraction of sp³-hybridized carbons (Fsp3) is 0.133. The van der Waals surface area contributed by atoms with Gasteiger partial charge in [0, 0.05) is 29.9 Å². The van der Waals surface area contributed by atoms with Crippen molar-refractivity contribution in [2.45, 2.75) is 6.92 Å². The predicted molar refractivity (Wildman–Crippen MR) is 91.5 cm³/mol. The fourth-order valence-corrected chi connectivity index (χ4v) is 3.18. The van der Waals surface area contributed by atoms with Crippen LogP contribution in [0, 0.1) is 0 Å². The Hall–Kier alpha value is -3.07. The minimum atomic E-state index is -0.198. The molecule has 4 N–H and O–H groups in total. The van der Waals surface area contributed by atoms with E-state index in [2.05, 4.69) is 25.4 Å². The van der Waals surface area contributed by atoms with Gasteiger partial charge in [-0.05, 0) is 25.1 Å². The van der Waals surface area contributed by atoms with E-state index in [4.69, 9.17) is 5.73 Å². The van der Waals surface area contributed by atoms with Gasteiger partial charge in [0.15, 0.2) is 0 Å². The smallest absolute Gasteiger partial charge is 0.261 e. The number of anilines is 1. The number of hydrogen-bond donors (Lipinski definition) is 3. The first kappa shape index (κ1) is 15.8. The molecule has 0 aliphatic heterocycles. The summed E-state index contributed by atoms with van der Waals surface area (Å²) in [6, 6.07) is 5.05. The van der Waals surface area contributed by atoms with Gasteiger partial charge in [-0.3, -0.25) is 9.78 Å². The van der Waals surface area contributed by atoms with Gasteiger partial charge in [0.2, 0.25) is 5.95 Å². The minimum absolute atomic E-state index is 0.0389. The molecule has 0 aliphatic rings. The van der Waals surface area contributed by atoms with E-state index in [9.17, 15) is 10.0 Å². The lowest BCUT2D eigenvalue weighted by Crippen LogP contribution is -2.21. The molecule has 3 heterocycles. The van der Waals surface area contributed by atoms with Crippen LogP contribution in [0.4, 0.5) is 5.95 Å². The lowest BCUT2D eigenvalue weighted by Gasteiger charge is -2.05. The number of pyridine rings is 1. The number of thiophene rings is 1. The summed E-state index contributed by atoms with van der Waals surface area (Å²) in [6.07, 6.45) is 3.16. The normalized spacial score (nSPS) is 11.6. The van der Waals surface area contributed by atoms with Gasteiger partial charge in [-0.15, -0.1) is 11.3 Å². The first-order valence-corrected chi connectivity index (χ1v) is 7.93. The Morgan fingerprint density at radius 3 is 2.79 bits per heavy atom. The highest BCUT2D eigenvalue weighted by molar-refractivity contribution is 7.20. The number of carbonyl (C=O) groups excluding carboxylic acids is 1. The van der Waals surface area contributed by atoms with Gasteiger partial charge in [-0.1, -0.05) is 5.16 Å². The minimum Gasteiger partial charge on any atom is -0.410 e. The molecule has 3 aromatic rings. The van der Waals surface area contributed by atoms with Crippen LogP contribution in [0.2, 0.25) is 0 Å². The molecular formula is C15H14N6O2S. The van der Waals surface area contributed by atoms with Crippen LogP contribution in [0.15, 0.2) is 35.7 Å². The van der Waals surface area contributed by atoms with Crippen molar-refractivity contribution in [3.8, 4) is 0 Å². The Labute approximate surface area is 141 Å². The number of nitrogens with one attached hydrogen (secondary N) is 1. The summed E-state index contributed by atoms with van der Waals surface area (Å²) in [5, 5.41) is 16.2. The second-order valence-electron chi connectivity index (χ2n) is 4.80. The maximum atomic E-state index is 12.1. The van der Waals surface area contributed by atoms with Crippen LogP contribution in [0.25, 0.3) is 10.2 Å². The maximum Gasteiger partial charge on any atom is 0.261 e. The summed E-state index contributed by atoms with van der Waals surface area (Å²) in [6.45, 7) is 2.36. The monoisotopic (exact) mass is 342 g/mol. The lowest BCUT2D eigenvalue weighted by atomic mass is 10.1. The first-order chi connectivity index (χ1) is 11.6. The largest absolute Gasteiger partial charge is 0.410 e. The number of hydrogen-bond acceptors (Lipinski definition) is 8. The van der Waals surface area contributed by atoms with E-state index in [0.717, 1.165) is 0 Å². The van der Waals surface area contributed by atoms with Crippen molar-refractivity contribution in [3.63, 3.8) is 0 Å². The van der Waals surface area contributed by atoms with E-state index in [1.807, 2.05) is 6.92 Å². The van der Waals surface area contributed by atoms with Gasteiger partial charge in [0.1, 0.15) is 16.2 Å². The van der Waals surface area contributed by atoms with Crippen LogP contribution < -0.4 is 11.1 Å². The molecule has 3 aromatic heterocycles. The topological polar surface area (TPSA) is 126 Å². The van der Waals surface area contributed by atoms with Gasteiger partial charge in [0.25, 0.3) is 5.91 Å². The molecule has 3 rings (SSSR count). The zero-order valence-electron chi connectivity index (χ0n) is 12.7. The molecule has 122 valence electrons. The second-order valence-corrected chi connectivity index (χ2v) is 5.83. The molecule has 0 atom stereocenters. The van der Waals surface area contributed by atoms with Crippen LogP contribution in [-0.4, -0.2) is 38.3 Å². The third-order valence-corrected chi connectivity index (χ3v) is 4.28. The zero-order chi connectivity index (χ0) is 17.1. The third kappa shape index (κ3) is 2.88. The average Bonchev–Trinajstić information content (AvgIpc) is 3.01. The Morgan fingerprint density at radius 1 is 1.38 bits per heavy atom. The van der Waals surface area contributed by atoms with Crippen molar-refractivity contribution in [3.05, 3.63) is 46.7 Å². The maximum absolute atomic E-state index is 12.1. The van der Waals surface area contributed by atoms with Gasteiger partial charge >= 0.3 is 0 Å². The third-order valence-electron chi connectivity index (χ3n) is 3.25. The Balaban J connectivity index is 2.18. The van der Waals surface area contributed by atoms with Crippen LogP contribution >= 0.6 is 11.3 Å². The van der Waals surface area contributed by atoms with Crippen molar-refractivity contribution in [2.75, 3.05) is 12.3 Å². The standard InChI is InChI=1S/C15H14N6O2S/c1-2-18-13(22)10-7-9-12(19-15(16)20-14(9)24-10)11(21-23)8-3-5-17-6-4-8/h3-7,23H,2H2,1H3,(H,18,22)(H2,16,19,20)/b21-11-. The van der Waals surface area contributed by atoms with Crippen molar-refractivity contribution >= 4 is 39.1 Å². The molecule has 0 radical (unpaired) electrons. The molecule has 1 amide bonds. The molecule has 0 aromatic carbocycles. The zero-order valence-corrected chi connectivity index (χ0v) is 13.5. The highest BCUT2D eigenvalue weighted by Crippen LogP contribution is 2.28. The van der Waals surface area contributed by atoms with Gasteiger partial charge in [0.05, 0.1) is 4.88 Å². The number of fused-ring (bicyclic) bond motifs is 1. The number of amides is 1. The van der Waals surface area contributed by atoms with Crippen molar-refractivity contribution in [2.24, 2.45) is 5.16 Å². The number of carbonyl (C=O) groups is 1. The molecule has 0 bridgehead atoms. The fourth-order valence-electron chi connectivity index (χ4n) is 2.23. The van der Waals surface area contributed by atoms with Gasteiger partial charge in [-0.25, -0.2) is 9.97 Å². The molecule has 8 nitrogen and oxygen atoms in total. The summed E-state index contributed by atoms with van der Waals surface area (Å²) < 4.78 is 0. The predicted octanol–water partition coefficient (Wildman–Crippen LogP) is 1.64. The number of rotatable bonds is 4. The van der Waals surface area contributed by atoms with E-state index in [1.54, 1.807) is 30.6 Å². The Bertz CT molecular complexity index is 922. The van der Waals surface area contributed by atoms with Crippen LogP contribution in [0.5, 0.6) is 0 Å². The van der Waals surface area contributed by atoms with Crippen molar-refractivity contribution in [1.29, 1.82) is 0 Å². The lowest BCUT2D eigenvalue weighted by molar-refractivity contribution is 0.0960. The van der Waals surface area contributed by atoms with Crippen LogP contribution in [-0.2, 0) is 0 Å². The number of nitrogens with two attached hydrogens (primary N) is 1. The molecule has 0 saturated carbocycles. The Morgan fingerprint density at radius 2 is 2.12 bits per heavy atom. The highest BCUT2D eigenvalue weighted by Gasteiger charge is 2.19. The molecular weight excluding hydrogens is 328 g/mol. The summed E-state index contributed by atoms with van der Waals surface area (Å²) in [5.41, 5.74) is 6.99. The van der Waals surface area contributed by atoms with Gasteiger partial charge < -0.3 is 16.3 Å². The number of nitrogens with zero attached hydrogens (tertiary/aromatic N) is 4. The van der Waals surface area contributed by atoms with Gasteiger partial charge in [-0.2, -0.15) is 0 Å². The van der Waals surface area contributed by atoms with E-state index in [1.165, 1.54) is 11.3 Å². The summed E-state index contributed by atoms with van der Waals surface area (Å²) in [5.74, 6) is -0.159. The summed E-state index contributed by atoms with van der Waals surface area (Å²) in [4.78, 5) is 25.4. The highest BCUT2D eigenvalue weighted by atomic mass is 32.1. The van der Waals surface area contributed by atoms with E-state index < -0.39 is 0 Å². The summed E-state index contributed by atoms with van der Waals surface area (Å²) >= 11 is 1.20. The number of oxime groups is 1. The second kappa shape index (κ2) is 6.59. The molecule has 24 heavy (non-hydrogen) atoms. The van der Waals surface area contributed by atoms with E-state index >= 15 is 0 Å². The van der Waals surface area contributed by atoms with E-state index in [-0.39, 0.29) is 17.6 Å². The number of nitrogen functional groups attached to an aromatic ring is 1. The molecule has 9 heteroatoms. The van der Waals surface area contributed by atoms with Crippen LogP contribution in [0.1, 0.15) is 27.9 Å². The molecule has 0 aliphatic carbocycles. The SMILES string of the molecule is CCNC(=O)c1cc2c(/C(=N\O)c3ccncc3)nc(N)nc2s1. The van der Waals surface area contributed by atoms with Crippen molar-refractivity contribution < 1.29 is 10.0 Å². The quantitative estimate of drug-likeness (QED) is 0.376. The first-order valence-electron chi connectivity index (χ1n) is 7.12. The molecule has 0 unspecified atom stereocenters. The molecule has 0 spiro atoms. The van der Waals surface area contributed by atoms with E-state index in [0.29, 0.717) is 32.9 Å².